The largest absolute Gasteiger partial charge is 0.416 e. The summed E-state index contributed by atoms with van der Waals surface area (Å²) in [6, 6.07) is 6.88. The summed E-state index contributed by atoms with van der Waals surface area (Å²) in [6.45, 7) is 2.63. The van der Waals surface area contributed by atoms with E-state index < -0.39 is 23.6 Å². The van der Waals surface area contributed by atoms with Crippen molar-refractivity contribution in [1.29, 1.82) is 0 Å². The van der Waals surface area contributed by atoms with Gasteiger partial charge in [-0.1, -0.05) is 0 Å². The average Bonchev–Trinajstić information content (AvgIpc) is 3.18. The van der Waals surface area contributed by atoms with E-state index in [2.05, 4.69) is 4.98 Å². The zero-order chi connectivity index (χ0) is 21.9. The van der Waals surface area contributed by atoms with Gasteiger partial charge in [0.15, 0.2) is 0 Å². The number of hydrogen-bond acceptors (Lipinski definition) is 4. The maximum absolute atomic E-state index is 13.4. The highest BCUT2D eigenvalue weighted by Gasteiger charge is 2.37. The lowest BCUT2D eigenvalue weighted by Gasteiger charge is -2.31. The third kappa shape index (κ3) is 4.89. The van der Waals surface area contributed by atoms with Crippen LogP contribution in [0.5, 0.6) is 0 Å². The van der Waals surface area contributed by atoms with E-state index in [9.17, 15) is 22.4 Å². The van der Waals surface area contributed by atoms with Crippen LogP contribution in [0.2, 0.25) is 0 Å². The third-order valence-electron chi connectivity index (χ3n) is 5.09. The van der Waals surface area contributed by atoms with Crippen LogP contribution in [0.1, 0.15) is 30.5 Å². The molecule has 2 N–H and O–H groups in total. The molecule has 3 rings (SSSR count). The Kier molecular flexibility index (Phi) is 6.60. The summed E-state index contributed by atoms with van der Waals surface area (Å²) >= 11 is 0. The van der Waals surface area contributed by atoms with Crippen LogP contribution >= 0.6 is 0 Å². The van der Waals surface area contributed by atoms with Crippen molar-refractivity contribution in [2.24, 2.45) is 5.73 Å². The van der Waals surface area contributed by atoms with Crippen LogP contribution in [0.3, 0.4) is 0 Å². The molecule has 1 aromatic heterocycles. The lowest BCUT2D eigenvalue weighted by atomic mass is 10.1. The Labute approximate surface area is 172 Å². The molecule has 0 saturated carbocycles. The number of benzene rings is 1. The Bertz CT molecular complexity index is 886. The Balaban J connectivity index is 1.92. The number of hydrogen-bond donors (Lipinski definition) is 1. The number of nitrogens with two attached hydrogens (primary N) is 1. The van der Waals surface area contributed by atoms with Gasteiger partial charge in [0.1, 0.15) is 17.7 Å². The Morgan fingerprint density at radius 2 is 1.97 bits per heavy atom. The molecule has 1 amide bonds. The monoisotopic (exact) mass is 424 g/mol. The molecule has 0 radical (unpaired) electrons. The number of rotatable bonds is 6. The van der Waals surface area contributed by atoms with Gasteiger partial charge in [0.05, 0.1) is 5.56 Å². The summed E-state index contributed by atoms with van der Waals surface area (Å²) in [6.07, 6.45) is -2.81. The zero-order valence-electron chi connectivity index (χ0n) is 16.6. The fourth-order valence-electron chi connectivity index (χ4n) is 3.68. The molecule has 0 spiro atoms. The minimum Gasteiger partial charge on any atom is -0.345 e. The first-order chi connectivity index (χ1) is 14.2. The van der Waals surface area contributed by atoms with Crippen LogP contribution < -0.4 is 15.5 Å². The first-order valence-electron chi connectivity index (χ1n) is 9.80. The molecule has 1 aliphatic heterocycles. The molecule has 0 bridgehead atoms. The van der Waals surface area contributed by atoms with E-state index >= 15 is 0 Å². The minimum atomic E-state index is -4.50. The number of pyridine rings is 1. The summed E-state index contributed by atoms with van der Waals surface area (Å²) in [5, 5.41) is 0. The molecule has 1 atom stereocenters. The fourth-order valence-corrected chi connectivity index (χ4v) is 3.68. The lowest BCUT2D eigenvalue weighted by molar-refractivity contribution is -0.137. The van der Waals surface area contributed by atoms with Crippen LogP contribution in [0.15, 0.2) is 36.4 Å². The van der Waals surface area contributed by atoms with Crippen molar-refractivity contribution in [2.45, 2.75) is 38.4 Å². The van der Waals surface area contributed by atoms with E-state index in [1.54, 1.807) is 4.90 Å². The van der Waals surface area contributed by atoms with Crippen LogP contribution in [0, 0.1) is 12.7 Å². The van der Waals surface area contributed by atoms with Gasteiger partial charge >= 0.3 is 6.18 Å². The SMILES string of the molecule is Cc1cc(C(F)(F)F)cc(N2CCC[C@H]2C(=O)N(CCCN)c2ccc(F)cc2)n1. The molecule has 162 valence electrons. The standard InChI is InChI=1S/C21H24F4N4O/c1-14-12-15(21(23,24)25)13-19(27-14)29-10-2-4-18(29)20(30)28(11-3-9-26)17-7-5-16(22)6-8-17/h5-8,12-13,18H,2-4,9-11,26H2,1H3/t18-/m0/s1. The number of alkyl halides is 3. The molecule has 0 aliphatic carbocycles. The summed E-state index contributed by atoms with van der Waals surface area (Å²) in [5.74, 6) is -0.545. The number of aromatic nitrogens is 1. The van der Waals surface area contributed by atoms with Gasteiger partial charge in [-0.25, -0.2) is 9.37 Å². The van der Waals surface area contributed by atoms with Gasteiger partial charge in [0.2, 0.25) is 5.91 Å². The molecule has 1 aliphatic rings. The molecule has 30 heavy (non-hydrogen) atoms. The van der Waals surface area contributed by atoms with E-state index in [1.165, 1.54) is 36.1 Å². The number of nitrogens with zero attached hydrogens (tertiary/aromatic N) is 3. The van der Waals surface area contributed by atoms with Crippen molar-refractivity contribution in [1.82, 2.24) is 4.98 Å². The molecule has 2 heterocycles. The predicted molar refractivity (Wildman–Crippen MR) is 107 cm³/mol. The van der Waals surface area contributed by atoms with Gasteiger partial charge in [-0.05, 0) is 69.1 Å². The molecule has 5 nitrogen and oxygen atoms in total. The van der Waals surface area contributed by atoms with Crippen molar-refractivity contribution in [3.8, 4) is 0 Å². The first-order valence-corrected chi connectivity index (χ1v) is 9.80. The molecular formula is C21H24F4N4O. The lowest BCUT2D eigenvalue weighted by Crippen LogP contribution is -2.47. The highest BCUT2D eigenvalue weighted by Crippen LogP contribution is 2.34. The summed E-state index contributed by atoms with van der Waals surface area (Å²) in [7, 11) is 0. The second kappa shape index (κ2) is 8.99. The van der Waals surface area contributed by atoms with E-state index in [0.717, 1.165) is 12.1 Å². The summed E-state index contributed by atoms with van der Waals surface area (Å²) < 4.78 is 53.1. The van der Waals surface area contributed by atoms with E-state index in [0.29, 0.717) is 44.6 Å². The number of carbonyl (C=O) groups is 1. The fraction of sp³-hybridized carbons (Fsp3) is 0.429. The van der Waals surface area contributed by atoms with Gasteiger partial charge in [-0.15, -0.1) is 0 Å². The number of anilines is 2. The normalized spacial score (nSPS) is 16.7. The van der Waals surface area contributed by atoms with E-state index in [4.69, 9.17) is 5.73 Å². The molecular weight excluding hydrogens is 400 g/mol. The van der Waals surface area contributed by atoms with Gasteiger partial charge in [-0.3, -0.25) is 4.79 Å². The maximum atomic E-state index is 13.4. The van der Waals surface area contributed by atoms with Gasteiger partial charge < -0.3 is 15.5 Å². The third-order valence-corrected chi connectivity index (χ3v) is 5.09. The number of amides is 1. The maximum Gasteiger partial charge on any atom is 0.416 e. The summed E-state index contributed by atoms with van der Waals surface area (Å²) in [5.41, 5.74) is 5.57. The second-order valence-corrected chi connectivity index (χ2v) is 7.31. The minimum absolute atomic E-state index is 0.135. The Hall–Kier alpha value is -2.68. The first kappa shape index (κ1) is 22.0. The molecule has 0 unspecified atom stereocenters. The molecule has 1 aromatic carbocycles. The molecule has 9 heteroatoms. The van der Waals surface area contributed by atoms with Gasteiger partial charge in [0, 0.05) is 24.5 Å². The number of halogens is 4. The van der Waals surface area contributed by atoms with Crippen molar-refractivity contribution in [3.63, 3.8) is 0 Å². The Morgan fingerprint density at radius 1 is 1.27 bits per heavy atom. The molecule has 2 aromatic rings. The van der Waals surface area contributed by atoms with Gasteiger partial charge in [-0.2, -0.15) is 13.2 Å². The topological polar surface area (TPSA) is 62.5 Å². The van der Waals surface area contributed by atoms with Crippen molar-refractivity contribution in [3.05, 3.63) is 53.5 Å². The van der Waals surface area contributed by atoms with E-state index in [1.807, 2.05) is 0 Å². The zero-order valence-corrected chi connectivity index (χ0v) is 16.6. The van der Waals surface area contributed by atoms with E-state index in [-0.39, 0.29) is 17.4 Å². The molecule has 1 saturated heterocycles. The molecule has 1 fully saturated rings. The second-order valence-electron chi connectivity index (χ2n) is 7.31. The van der Waals surface area contributed by atoms with Gasteiger partial charge in [0.25, 0.3) is 0 Å². The highest BCUT2D eigenvalue weighted by molar-refractivity contribution is 5.99. The number of aryl methyl sites for hydroxylation is 1. The average molecular weight is 424 g/mol. The Morgan fingerprint density at radius 3 is 2.60 bits per heavy atom. The quantitative estimate of drug-likeness (QED) is 0.715. The van der Waals surface area contributed by atoms with Crippen molar-refractivity contribution >= 4 is 17.4 Å². The van der Waals surface area contributed by atoms with Crippen molar-refractivity contribution < 1.29 is 22.4 Å². The smallest absolute Gasteiger partial charge is 0.345 e. The van der Waals surface area contributed by atoms with Crippen LogP contribution in [0.25, 0.3) is 0 Å². The number of carbonyl (C=O) groups excluding carboxylic acids is 1. The van der Waals surface area contributed by atoms with Crippen LogP contribution in [-0.2, 0) is 11.0 Å². The predicted octanol–water partition coefficient (Wildman–Crippen LogP) is 3.90. The summed E-state index contributed by atoms with van der Waals surface area (Å²) in [4.78, 5) is 20.8. The highest BCUT2D eigenvalue weighted by atomic mass is 19.4. The van der Waals surface area contributed by atoms with Crippen molar-refractivity contribution in [2.75, 3.05) is 29.4 Å². The van der Waals surface area contributed by atoms with Crippen LogP contribution in [-0.4, -0.2) is 36.6 Å². The van der Waals surface area contributed by atoms with Crippen LogP contribution in [0.4, 0.5) is 29.1 Å².